The Balaban J connectivity index is 1.08. The second kappa shape index (κ2) is 13.0. The van der Waals surface area contributed by atoms with Gasteiger partial charge < -0.3 is 9.13 Å². The van der Waals surface area contributed by atoms with Crippen LogP contribution in [0.2, 0.25) is 0 Å². The van der Waals surface area contributed by atoms with E-state index in [0.717, 1.165) is 66.3 Å². The lowest BCUT2D eigenvalue weighted by Gasteiger charge is -2.13. The molecule has 8 aromatic carbocycles. The van der Waals surface area contributed by atoms with Crippen LogP contribution in [0.4, 0.5) is 0 Å². The molecule has 4 heteroatoms. The molecule has 0 aliphatic rings. The van der Waals surface area contributed by atoms with Gasteiger partial charge in [0.25, 0.3) is 0 Å². The van der Waals surface area contributed by atoms with E-state index in [1.165, 1.54) is 43.8 Å². The Kier molecular flexibility index (Phi) is 7.51. The smallest absolute Gasteiger partial charge is 0.0973 e. The third kappa shape index (κ3) is 5.30. The summed E-state index contributed by atoms with van der Waals surface area (Å²) in [7, 11) is 0. The number of aromatic nitrogens is 4. The topological polar surface area (TPSA) is 35.6 Å². The van der Waals surface area contributed by atoms with E-state index < -0.39 is 0 Å². The quantitative estimate of drug-likeness (QED) is 0.177. The Morgan fingerprint density at radius 2 is 1.09 bits per heavy atom. The first-order valence-electron chi connectivity index (χ1n) is 19.4. The summed E-state index contributed by atoms with van der Waals surface area (Å²) in [5.41, 5.74) is 12.5. The third-order valence-electron chi connectivity index (χ3n) is 11.4. The second-order valence-corrected chi connectivity index (χ2v) is 14.7. The standard InChI is InChI=1S/C53H36N4/c1-34-46(33-47-35(2)57(41-18-7-4-8-19-41)53-43-20-10-9-15-36(43)28-30-45(47)53)44-21-11-14-24-50(44)56(34)42-29-27-38-31-40(26-25-39(38)32-42)52-51(37-16-5-3-6-17-37)54-48-22-12-13-23-49(48)55-52/h3-33H,2H2,1H3/b47-33+. The van der Waals surface area contributed by atoms with Gasteiger partial charge in [0.2, 0.25) is 0 Å². The van der Waals surface area contributed by atoms with Gasteiger partial charge in [-0.3, -0.25) is 0 Å². The molecule has 0 atom stereocenters. The van der Waals surface area contributed by atoms with E-state index in [4.69, 9.17) is 16.5 Å². The number of fused-ring (bicyclic) bond motifs is 6. The molecule has 0 N–H and O–H groups in total. The van der Waals surface area contributed by atoms with Gasteiger partial charge >= 0.3 is 0 Å². The molecule has 11 aromatic rings. The lowest BCUT2D eigenvalue weighted by Crippen LogP contribution is -2.26. The van der Waals surface area contributed by atoms with E-state index in [0.29, 0.717) is 0 Å². The minimum Gasteiger partial charge on any atom is -0.313 e. The Morgan fingerprint density at radius 1 is 0.474 bits per heavy atom. The number of hydrogen-bond donors (Lipinski definition) is 0. The molecule has 0 aliphatic heterocycles. The minimum atomic E-state index is 0.879. The van der Waals surface area contributed by atoms with Gasteiger partial charge in [0.1, 0.15) is 0 Å². The highest BCUT2D eigenvalue weighted by molar-refractivity contribution is 6.07. The highest BCUT2D eigenvalue weighted by atomic mass is 15.0. The first kappa shape index (κ1) is 32.8. The van der Waals surface area contributed by atoms with Crippen LogP contribution >= 0.6 is 0 Å². The largest absolute Gasteiger partial charge is 0.313 e. The number of hydrogen-bond acceptors (Lipinski definition) is 2. The van der Waals surface area contributed by atoms with Crippen molar-refractivity contribution in [3.63, 3.8) is 0 Å². The van der Waals surface area contributed by atoms with E-state index >= 15 is 0 Å². The van der Waals surface area contributed by atoms with Crippen molar-refractivity contribution in [3.05, 3.63) is 204 Å². The van der Waals surface area contributed by atoms with Crippen molar-refractivity contribution < 1.29 is 0 Å². The van der Waals surface area contributed by atoms with Crippen LogP contribution < -0.4 is 10.6 Å². The van der Waals surface area contributed by atoms with Gasteiger partial charge in [0, 0.05) is 60.5 Å². The van der Waals surface area contributed by atoms with E-state index in [9.17, 15) is 0 Å². The number of rotatable bonds is 5. The van der Waals surface area contributed by atoms with E-state index in [1.54, 1.807) is 0 Å². The molecular formula is C53H36N4. The number of nitrogens with zero attached hydrogens (tertiary/aromatic N) is 4. The van der Waals surface area contributed by atoms with E-state index in [1.807, 2.05) is 30.3 Å². The SMILES string of the molecule is C=c1/c(=C\c2c(C)n(-c3ccc4cc(-c5nc6ccccc6nc5-c5ccccc5)ccc4c3)c3ccccc23)c2ccc3ccccc3c2n1-c1ccccc1. The summed E-state index contributed by atoms with van der Waals surface area (Å²) in [6.07, 6.45) is 2.36. The van der Waals surface area contributed by atoms with Crippen LogP contribution in [0.3, 0.4) is 0 Å². The average molecular weight is 729 g/mol. The van der Waals surface area contributed by atoms with Crippen LogP contribution in [0.1, 0.15) is 11.3 Å². The van der Waals surface area contributed by atoms with Gasteiger partial charge in [-0.1, -0.05) is 140 Å². The maximum atomic E-state index is 5.16. The van der Waals surface area contributed by atoms with Crippen molar-refractivity contribution in [2.45, 2.75) is 6.92 Å². The molecule has 3 aromatic heterocycles. The zero-order chi connectivity index (χ0) is 38.0. The fourth-order valence-electron chi connectivity index (χ4n) is 8.72. The van der Waals surface area contributed by atoms with Crippen LogP contribution in [0.5, 0.6) is 0 Å². The fourth-order valence-corrected chi connectivity index (χ4v) is 8.72. The van der Waals surface area contributed by atoms with Crippen molar-refractivity contribution in [3.8, 4) is 33.9 Å². The summed E-state index contributed by atoms with van der Waals surface area (Å²) in [4.78, 5) is 10.3. The Bertz CT molecular complexity index is 3490. The van der Waals surface area contributed by atoms with Gasteiger partial charge in [-0.25, -0.2) is 9.97 Å². The predicted molar refractivity (Wildman–Crippen MR) is 239 cm³/mol. The van der Waals surface area contributed by atoms with Crippen molar-refractivity contribution in [1.29, 1.82) is 0 Å². The predicted octanol–water partition coefficient (Wildman–Crippen LogP) is 11.7. The van der Waals surface area contributed by atoms with Crippen molar-refractivity contribution >= 4 is 67.0 Å². The molecule has 4 nitrogen and oxygen atoms in total. The van der Waals surface area contributed by atoms with Crippen LogP contribution in [0, 0.1) is 6.92 Å². The van der Waals surface area contributed by atoms with Crippen molar-refractivity contribution in [2.75, 3.05) is 0 Å². The van der Waals surface area contributed by atoms with E-state index in [2.05, 4.69) is 174 Å². The minimum absolute atomic E-state index is 0.879. The number of para-hydroxylation sites is 4. The molecule has 0 saturated heterocycles. The molecule has 0 bridgehead atoms. The van der Waals surface area contributed by atoms with Crippen LogP contribution in [0.15, 0.2) is 182 Å². The molecule has 11 rings (SSSR count). The molecule has 0 aliphatic carbocycles. The summed E-state index contributed by atoms with van der Waals surface area (Å²) in [5, 5.41) is 9.22. The molecule has 0 unspecified atom stereocenters. The lowest BCUT2D eigenvalue weighted by molar-refractivity contribution is 1.05. The monoisotopic (exact) mass is 728 g/mol. The molecule has 0 saturated carbocycles. The Morgan fingerprint density at radius 3 is 1.88 bits per heavy atom. The van der Waals surface area contributed by atoms with Gasteiger partial charge in [-0.05, 0) is 77.7 Å². The highest BCUT2D eigenvalue weighted by Crippen LogP contribution is 2.35. The normalized spacial score (nSPS) is 12.1. The Labute approximate surface area is 329 Å². The van der Waals surface area contributed by atoms with Crippen LogP contribution in [-0.4, -0.2) is 19.1 Å². The molecule has 0 radical (unpaired) electrons. The zero-order valence-electron chi connectivity index (χ0n) is 31.4. The van der Waals surface area contributed by atoms with Crippen LogP contribution in [-0.2, 0) is 0 Å². The molecule has 0 spiro atoms. The molecule has 0 amide bonds. The highest BCUT2D eigenvalue weighted by Gasteiger charge is 2.18. The van der Waals surface area contributed by atoms with Crippen molar-refractivity contribution in [2.24, 2.45) is 0 Å². The molecule has 268 valence electrons. The summed E-state index contributed by atoms with van der Waals surface area (Å²) in [6.45, 7) is 6.96. The van der Waals surface area contributed by atoms with Gasteiger partial charge in [0.05, 0.1) is 33.5 Å². The maximum absolute atomic E-state index is 5.16. The summed E-state index contributed by atoms with van der Waals surface area (Å²) < 4.78 is 4.72. The maximum Gasteiger partial charge on any atom is 0.0973 e. The number of benzene rings is 8. The van der Waals surface area contributed by atoms with Crippen molar-refractivity contribution in [1.82, 2.24) is 19.1 Å². The van der Waals surface area contributed by atoms with Gasteiger partial charge in [-0.2, -0.15) is 0 Å². The summed E-state index contributed by atoms with van der Waals surface area (Å²) in [5.74, 6) is 0. The zero-order valence-corrected chi connectivity index (χ0v) is 31.4. The molecule has 0 fully saturated rings. The van der Waals surface area contributed by atoms with Gasteiger partial charge in [0.15, 0.2) is 0 Å². The second-order valence-electron chi connectivity index (χ2n) is 14.7. The molecular weight excluding hydrogens is 693 g/mol. The molecule has 57 heavy (non-hydrogen) atoms. The summed E-state index contributed by atoms with van der Waals surface area (Å²) in [6, 6.07) is 64.3. The van der Waals surface area contributed by atoms with Gasteiger partial charge in [-0.15, -0.1) is 0 Å². The average Bonchev–Trinajstić information content (AvgIpc) is 3.72. The lowest BCUT2D eigenvalue weighted by atomic mass is 10.00. The van der Waals surface area contributed by atoms with Crippen LogP contribution in [0.25, 0.3) is 101 Å². The first-order valence-corrected chi connectivity index (χ1v) is 19.4. The molecule has 3 heterocycles. The summed E-state index contributed by atoms with van der Waals surface area (Å²) >= 11 is 0. The first-order chi connectivity index (χ1) is 28.1. The van der Waals surface area contributed by atoms with E-state index in [-0.39, 0.29) is 0 Å². The Hall–Kier alpha value is -7.56. The fraction of sp³-hybridized carbons (Fsp3) is 0.0189. The third-order valence-corrected chi connectivity index (χ3v) is 11.4.